The fourth-order valence-electron chi connectivity index (χ4n) is 2.44. The van der Waals surface area contributed by atoms with Gasteiger partial charge in [-0.3, -0.25) is 4.79 Å². The van der Waals surface area contributed by atoms with Crippen LogP contribution in [0.3, 0.4) is 0 Å². The Labute approximate surface area is 115 Å². The number of hydrogen-bond acceptors (Lipinski definition) is 3. The van der Waals surface area contributed by atoms with E-state index in [0.29, 0.717) is 24.9 Å². The summed E-state index contributed by atoms with van der Waals surface area (Å²) in [5, 5.41) is 19.0. The third kappa shape index (κ3) is 3.14. The normalized spacial score (nSPS) is 19.9. The van der Waals surface area contributed by atoms with E-state index in [1.807, 2.05) is 0 Å². The summed E-state index contributed by atoms with van der Waals surface area (Å²) in [4.78, 5) is 24.3. The van der Waals surface area contributed by atoms with Gasteiger partial charge in [-0.2, -0.15) is 0 Å². The number of carboxylic acids is 1. The molecule has 1 aromatic rings. The molecule has 1 aliphatic rings. The Hall–Kier alpha value is -1.95. The Morgan fingerprint density at radius 3 is 2.85 bits per heavy atom. The first kappa shape index (κ1) is 14.5. The average Bonchev–Trinajstić information content (AvgIpc) is 2.88. The van der Waals surface area contributed by atoms with Crippen LogP contribution in [0.2, 0.25) is 0 Å². The third-order valence-electron chi connectivity index (χ3n) is 3.46. The van der Waals surface area contributed by atoms with Crippen molar-refractivity contribution in [2.75, 3.05) is 6.54 Å². The van der Waals surface area contributed by atoms with Crippen molar-refractivity contribution in [2.24, 2.45) is 0 Å². The third-order valence-corrected chi connectivity index (χ3v) is 3.46. The number of aliphatic hydroxyl groups excluding tert-OH is 1. The van der Waals surface area contributed by atoms with Crippen LogP contribution in [-0.2, 0) is 9.59 Å². The van der Waals surface area contributed by atoms with Crippen molar-refractivity contribution in [3.63, 3.8) is 0 Å². The highest BCUT2D eigenvalue weighted by atomic mass is 19.1. The average molecular weight is 281 g/mol. The summed E-state index contributed by atoms with van der Waals surface area (Å²) in [6.45, 7) is 0.381. The Morgan fingerprint density at radius 2 is 2.20 bits per heavy atom. The zero-order valence-electron chi connectivity index (χ0n) is 10.8. The number of amides is 1. The van der Waals surface area contributed by atoms with Crippen molar-refractivity contribution in [2.45, 2.75) is 31.4 Å². The summed E-state index contributed by atoms with van der Waals surface area (Å²) >= 11 is 0. The largest absolute Gasteiger partial charge is 0.480 e. The fourth-order valence-corrected chi connectivity index (χ4v) is 2.44. The molecule has 20 heavy (non-hydrogen) atoms. The summed E-state index contributed by atoms with van der Waals surface area (Å²) < 4.78 is 13.0. The highest BCUT2D eigenvalue weighted by Gasteiger charge is 2.34. The van der Waals surface area contributed by atoms with Gasteiger partial charge >= 0.3 is 5.97 Å². The van der Waals surface area contributed by atoms with Crippen molar-refractivity contribution in [3.05, 3.63) is 35.6 Å². The van der Waals surface area contributed by atoms with Crippen LogP contribution in [0.5, 0.6) is 0 Å². The Morgan fingerprint density at radius 1 is 1.45 bits per heavy atom. The quantitative estimate of drug-likeness (QED) is 0.872. The molecule has 0 aliphatic carbocycles. The van der Waals surface area contributed by atoms with Gasteiger partial charge in [-0.25, -0.2) is 9.18 Å². The van der Waals surface area contributed by atoms with E-state index in [2.05, 4.69) is 0 Å². The van der Waals surface area contributed by atoms with Crippen LogP contribution in [0.4, 0.5) is 4.39 Å². The van der Waals surface area contributed by atoms with Gasteiger partial charge in [0.25, 0.3) is 0 Å². The van der Waals surface area contributed by atoms with Gasteiger partial charge in [0.15, 0.2) is 0 Å². The molecule has 108 valence electrons. The number of aliphatic carboxylic acids is 1. The van der Waals surface area contributed by atoms with Crippen LogP contribution in [0.25, 0.3) is 0 Å². The number of likely N-dealkylation sites (tertiary alicyclic amines) is 1. The molecule has 0 saturated carbocycles. The number of carbonyl (C=O) groups excluding carboxylic acids is 1. The lowest BCUT2D eigenvalue weighted by molar-refractivity contribution is -0.149. The molecule has 1 aliphatic heterocycles. The molecular formula is C14H16FNO4. The number of carboxylic acid groups (broad SMARTS) is 1. The molecule has 0 radical (unpaired) electrons. The highest BCUT2D eigenvalue weighted by molar-refractivity contribution is 5.84. The van der Waals surface area contributed by atoms with Gasteiger partial charge in [0.2, 0.25) is 5.91 Å². The van der Waals surface area contributed by atoms with Crippen molar-refractivity contribution < 1.29 is 24.2 Å². The molecule has 2 rings (SSSR count). The van der Waals surface area contributed by atoms with Crippen LogP contribution < -0.4 is 0 Å². The molecule has 0 spiro atoms. The summed E-state index contributed by atoms with van der Waals surface area (Å²) in [6, 6.07) is 4.57. The molecule has 6 heteroatoms. The number of rotatable bonds is 4. The molecule has 1 aromatic carbocycles. The Bertz CT molecular complexity index is 520. The van der Waals surface area contributed by atoms with Crippen molar-refractivity contribution in [1.82, 2.24) is 4.90 Å². The van der Waals surface area contributed by atoms with E-state index >= 15 is 0 Å². The molecule has 2 atom stereocenters. The van der Waals surface area contributed by atoms with Gasteiger partial charge in [-0.05, 0) is 30.5 Å². The molecule has 2 N–H and O–H groups in total. The number of hydrogen-bond donors (Lipinski definition) is 2. The van der Waals surface area contributed by atoms with Crippen molar-refractivity contribution >= 4 is 11.9 Å². The lowest BCUT2D eigenvalue weighted by Gasteiger charge is -2.22. The smallest absolute Gasteiger partial charge is 0.326 e. The Kier molecular flexibility index (Phi) is 4.34. The second kappa shape index (κ2) is 6.00. The number of benzene rings is 1. The van der Waals surface area contributed by atoms with Crippen LogP contribution in [0.1, 0.15) is 30.9 Å². The van der Waals surface area contributed by atoms with Crippen LogP contribution in [0.15, 0.2) is 24.3 Å². The maximum Gasteiger partial charge on any atom is 0.326 e. The van der Waals surface area contributed by atoms with E-state index in [4.69, 9.17) is 5.11 Å². The molecule has 0 bridgehead atoms. The standard InChI is InChI=1S/C14H16FNO4/c15-10-4-1-3-9(7-10)12(17)8-13(18)16-6-2-5-11(16)14(19)20/h1,3-4,7,11-12,17H,2,5-6,8H2,(H,19,20). The van der Waals surface area contributed by atoms with E-state index in [-0.39, 0.29) is 6.42 Å². The molecule has 2 unspecified atom stereocenters. The van der Waals surface area contributed by atoms with E-state index in [1.54, 1.807) is 0 Å². The van der Waals surface area contributed by atoms with E-state index in [1.165, 1.54) is 23.1 Å². The molecule has 1 saturated heterocycles. The molecule has 1 fully saturated rings. The summed E-state index contributed by atoms with van der Waals surface area (Å²) in [6.07, 6.45) is -0.309. The lowest BCUT2D eigenvalue weighted by atomic mass is 10.1. The molecule has 1 amide bonds. The zero-order chi connectivity index (χ0) is 14.7. The predicted molar refractivity (Wildman–Crippen MR) is 68.3 cm³/mol. The van der Waals surface area contributed by atoms with Crippen LogP contribution >= 0.6 is 0 Å². The first-order valence-electron chi connectivity index (χ1n) is 6.45. The van der Waals surface area contributed by atoms with Gasteiger partial charge in [-0.15, -0.1) is 0 Å². The van der Waals surface area contributed by atoms with Crippen LogP contribution in [0, 0.1) is 5.82 Å². The number of carbonyl (C=O) groups is 2. The minimum absolute atomic E-state index is 0.243. The summed E-state index contributed by atoms with van der Waals surface area (Å²) in [5.74, 6) is -1.94. The first-order chi connectivity index (χ1) is 9.49. The Balaban J connectivity index is 2.02. The van der Waals surface area contributed by atoms with E-state index < -0.39 is 29.8 Å². The van der Waals surface area contributed by atoms with E-state index in [0.717, 1.165) is 6.07 Å². The predicted octanol–water partition coefficient (Wildman–Crippen LogP) is 1.32. The number of nitrogens with zero attached hydrogens (tertiary/aromatic N) is 1. The maximum atomic E-state index is 13.0. The van der Waals surface area contributed by atoms with Gasteiger partial charge in [0, 0.05) is 6.54 Å². The zero-order valence-corrected chi connectivity index (χ0v) is 10.8. The SMILES string of the molecule is O=C(O)C1CCCN1C(=O)CC(O)c1cccc(F)c1. The number of aliphatic hydroxyl groups is 1. The number of halogens is 1. The minimum Gasteiger partial charge on any atom is -0.480 e. The monoisotopic (exact) mass is 281 g/mol. The second-order valence-corrected chi connectivity index (χ2v) is 4.86. The van der Waals surface area contributed by atoms with E-state index in [9.17, 15) is 19.1 Å². The molecule has 5 nitrogen and oxygen atoms in total. The molecule has 0 aromatic heterocycles. The molecular weight excluding hydrogens is 265 g/mol. The second-order valence-electron chi connectivity index (χ2n) is 4.86. The first-order valence-corrected chi connectivity index (χ1v) is 6.45. The van der Waals surface area contributed by atoms with Gasteiger partial charge < -0.3 is 15.1 Å². The minimum atomic E-state index is -1.13. The summed E-state index contributed by atoms with van der Waals surface area (Å²) in [5.41, 5.74) is 0.310. The van der Waals surface area contributed by atoms with Gasteiger partial charge in [-0.1, -0.05) is 12.1 Å². The summed E-state index contributed by atoms with van der Waals surface area (Å²) in [7, 11) is 0. The fraction of sp³-hybridized carbons (Fsp3) is 0.429. The lowest BCUT2D eigenvalue weighted by Crippen LogP contribution is -2.40. The topological polar surface area (TPSA) is 77.8 Å². The maximum absolute atomic E-state index is 13.0. The van der Waals surface area contributed by atoms with Crippen LogP contribution in [-0.4, -0.2) is 39.6 Å². The van der Waals surface area contributed by atoms with Crippen molar-refractivity contribution in [3.8, 4) is 0 Å². The van der Waals surface area contributed by atoms with Gasteiger partial charge in [0.1, 0.15) is 11.9 Å². The molecule has 1 heterocycles. The van der Waals surface area contributed by atoms with Gasteiger partial charge in [0.05, 0.1) is 12.5 Å². The van der Waals surface area contributed by atoms with Crippen molar-refractivity contribution in [1.29, 1.82) is 0 Å². The highest BCUT2D eigenvalue weighted by Crippen LogP contribution is 2.23.